The van der Waals surface area contributed by atoms with E-state index in [9.17, 15) is 4.39 Å². The summed E-state index contributed by atoms with van der Waals surface area (Å²) in [4.78, 5) is 15.6. The molecule has 5 N–H and O–H groups in total. The number of ether oxygens (including phenoxy) is 1. The van der Waals surface area contributed by atoms with Crippen LogP contribution in [-0.2, 0) is 6.54 Å². The van der Waals surface area contributed by atoms with Gasteiger partial charge in [0.25, 0.3) is 0 Å². The number of nitrogen functional groups attached to an aromatic ring is 1. The standard InChI is InChI=1S/C21H20FN7O/c22-16-9-13(27-19-10-14(28-21(23)29-19)11-26-12-1-2-12)3-4-18(16)30-17-6-8-25-20-15(17)5-7-24-20/h3-10,12,26H,1-2,11H2,(H,24,25)(H3,23,27,28,29). The molecule has 0 unspecified atom stereocenters. The highest BCUT2D eigenvalue weighted by Crippen LogP contribution is 2.31. The fourth-order valence-corrected chi connectivity index (χ4v) is 3.16. The molecule has 9 heteroatoms. The van der Waals surface area contributed by atoms with Crippen LogP contribution >= 0.6 is 0 Å². The molecule has 5 rings (SSSR count). The highest BCUT2D eigenvalue weighted by atomic mass is 19.1. The Morgan fingerprint density at radius 2 is 2.03 bits per heavy atom. The minimum atomic E-state index is -0.502. The van der Waals surface area contributed by atoms with Crippen molar-refractivity contribution in [3.63, 3.8) is 0 Å². The van der Waals surface area contributed by atoms with Crippen LogP contribution in [-0.4, -0.2) is 26.0 Å². The zero-order valence-electron chi connectivity index (χ0n) is 16.0. The number of rotatable bonds is 7. The number of nitrogens with zero attached hydrogens (tertiary/aromatic N) is 3. The third-order valence-electron chi connectivity index (χ3n) is 4.79. The Morgan fingerprint density at radius 3 is 2.87 bits per heavy atom. The fourth-order valence-electron chi connectivity index (χ4n) is 3.16. The Balaban J connectivity index is 1.33. The SMILES string of the molecule is Nc1nc(CNC2CC2)cc(Nc2ccc(Oc3ccnc4[nH]ccc34)c(F)c2)n1. The Kier molecular flexibility index (Phi) is 4.64. The van der Waals surface area contributed by atoms with Gasteiger partial charge >= 0.3 is 0 Å². The van der Waals surface area contributed by atoms with E-state index in [0.717, 1.165) is 11.1 Å². The molecule has 4 aromatic rings. The summed E-state index contributed by atoms with van der Waals surface area (Å²) in [6, 6.07) is 10.5. The molecule has 1 aliphatic carbocycles. The van der Waals surface area contributed by atoms with E-state index in [-0.39, 0.29) is 11.7 Å². The molecule has 1 fully saturated rings. The summed E-state index contributed by atoms with van der Waals surface area (Å²) in [5, 5.41) is 7.24. The normalized spacial score (nSPS) is 13.5. The van der Waals surface area contributed by atoms with Gasteiger partial charge in [-0.1, -0.05) is 0 Å². The molecule has 3 heterocycles. The first kappa shape index (κ1) is 18.3. The lowest BCUT2D eigenvalue weighted by atomic mass is 10.2. The van der Waals surface area contributed by atoms with E-state index < -0.39 is 5.82 Å². The number of H-pyrrole nitrogens is 1. The van der Waals surface area contributed by atoms with Gasteiger partial charge < -0.3 is 26.1 Å². The number of halogens is 1. The number of anilines is 3. The van der Waals surface area contributed by atoms with Crippen molar-refractivity contribution in [1.82, 2.24) is 25.3 Å². The lowest BCUT2D eigenvalue weighted by molar-refractivity contribution is 0.446. The van der Waals surface area contributed by atoms with E-state index in [1.165, 1.54) is 18.9 Å². The lowest BCUT2D eigenvalue weighted by Crippen LogP contribution is -2.17. The van der Waals surface area contributed by atoms with Gasteiger partial charge in [0.2, 0.25) is 5.95 Å². The number of pyridine rings is 1. The number of fused-ring (bicyclic) bond motifs is 1. The number of nitrogens with one attached hydrogen (secondary N) is 3. The Morgan fingerprint density at radius 1 is 1.13 bits per heavy atom. The largest absolute Gasteiger partial charge is 0.453 e. The Labute approximate surface area is 171 Å². The zero-order chi connectivity index (χ0) is 20.5. The first-order valence-corrected chi connectivity index (χ1v) is 9.67. The van der Waals surface area contributed by atoms with Crippen LogP contribution in [0, 0.1) is 5.82 Å². The summed E-state index contributed by atoms with van der Waals surface area (Å²) in [7, 11) is 0. The van der Waals surface area contributed by atoms with Crippen LogP contribution in [0.1, 0.15) is 18.5 Å². The van der Waals surface area contributed by atoms with E-state index in [4.69, 9.17) is 10.5 Å². The third-order valence-corrected chi connectivity index (χ3v) is 4.79. The second-order valence-electron chi connectivity index (χ2n) is 7.18. The molecule has 152 valence electrons. The van der Waals surface area contributed by atoms with Crippen LogP contribution in [0.3, 0.4) is 0 Å². The van der Waals surface area contributed by atoms with Crippen molar-refractivity contribution in [3.8, 4) is 11.5 Å². The van der Waals surface area contributed by atoms with Crippen molar-refractivity contribution in [2.75, 3.05) is 11.1 Å². The van der Waals surface area contributed by atoms with Gasteiger partial charge in [0.1, 0.15) is 17.2 Å². The minimum absolute atomic E-state index is 0.116. The van der Waals surface area contributed by atoms with Gasteiger partial charge in [0, 0.05) is 42.8 Å². The zero-order valence-corrected chi connectivity index (χ0v) is 16.0. The lowest BCUT2D eigenvalue weighted by Gasteiger charge is -2.11. The van der Waals surface area contributed by atoms with Crippen LogP contribution in [0.5, 0.6) is 11.5 Å². The maximum Gasteiger partial charge on any atom is 0.222 e. The summed E-state index contributed by atoms with van der Waals surface area (Å²) in [5.74, 6) is 0.814. The number of hydrogen-bond donors (Lipinski definition) is 4. The molecule has 0 radical (unpaired) electrons. The molecule has 0 spiro atoms. The quantitative estimate of drug-likeness (QED) is 0.369. The topological polar surface area (TPSA) is 114 Å². The molecular formula is C21H20FN7O. The number of aromatic nitrogens is 4. The van der Waals surface area contributed by atoms with Gasteiger partial charge in [-0.25, -0.2) is 14.4 Å². The summed E-state index contributed by atoms with van der Waals surface area (Å²) in [6.07, 6.45) is 5.75. The highest BCUT2D eigenvalue weighted by molar-refractivity contribution is 5.82. The molecule has 30 heavy (non-hydrogen) atoms. The van der Waals surface area contributed by atoms with Crippen molar-refractivity contribution in [1.29, 1.82) is 0 Å². The van der Waals surface area contributed by atoms with Gasteiger partial charge in [-0.3, -0.25) is 0 Å². The molecule has 1 saturated carbocycles. The van der Waals surface area contributed by atoms with Crippen molar-refractivity contribution in [2.24, 2.45) is 0 Å². The number of hydrogen-bond acceptors (Lipinski definition) is 7. The Bertz CT molecular complexity index is 1210. The molecule has 1 aromatic carbocycles. The summed E-state index contributed by atoms with van der Waals surface area (Å²) < 4.78 is 20.5. The van der Waals surface area contributed by atoms with Crippen LogP contribution in [0.2, 0.25) is 0 Å². The van der Waals surface area contributed by atoms with E-state index in [0.29, 0.717) is 35.5 Å². The summed E-state index contributed by atoms with van der Waals surface area (Å²) >= 11 is 0. The Hall–Kier alpha value is -3.72. The van der Waals surface area contributed by atoms with Gasteiger partial charge in [-0.2, -0.15) is 4.98 Å². The van der Waals surface area contributed by atoms with Crippen LogP contribution < -0.4 is 21.1 Å². The monoisotopic (exact) mass is 405 g/mol. The van der Waals surface area contributed by atoms with Gasteiger partial charge in [-0.05, 0) is 37.1 Å². The second kappa shape index (κ2) is 7.60. The fraction of sp³-hybridized carbons (Fsp3) is 0.190. The third kappa shape index (κ3) is 4.01. The first-order chi connectivity index (χ1) is 14.6. The second-order valence-corrected chi connectivity index (χ2v) is 7.18. The molecule has 0 amide bonds. The molecule has 0 aliphatic heterocycles. The molecule has 0 saturated heterocycles. The van der Waals surface area contributed by atoms with E-state index in [1.807, 2.05) is 6.07 Å². The molecule has 0 bridgehead atoms. The van der Waals surface area contributed by atoms with Gasteiger partial charge in [-0.15, -0.1) is 0 Å². The molecular weight excluding hydrogens is 385 g/mol. The predicted molar refractivity (Wildman–Crippen MR) is 112 cm³/mol. The van der Waals surface area contributed by atoms with Crippen molar-refractivity contribution in [3.05, 3.63) is 60.3 Å². The minimum Gasteiger partial charge on any atom is -0.453 e. The average molecular weight is 405 g/mol. The average Bonchev–Trinajstić information content (AvgIpc) is 3.42. The number of aromatic amines is 1. The van der Waals surface area contributed by atoms with Crippen molar-refractivity contribution < 1.29 is 9.13 Å². The van der Waals surface area contributed by atoms with Crippen molar-refractivity contribution >= 4 is 28.5 Å². The van der Waals surface area contributed by atoms with E-state index in [2.05, 4.69) is 30.6 Å². The number of nitrogens with two attached hydrogens (primary N) is 1. The number of benzene rings is 1. The van der Waals surface area contributed by atoms with Crippen LogP contribution in [0.4, 0.5) is 21.8 Å². The summed E-state index contributed by atoms with van der Waals surface area (Å²) in [5.41, 5.74) is 7.81. The molecule has 0 atom stereocenters. The first-order valence-electron chi connectivity index (χ1n) is 9.67. The van der Waals surface area contributed by atoms with Crippen LogP contribution in [0.25, 0.3) is 11.0 Å². The van der Waals surface area contributed by atoms with E-state index >= 15 is 0 Å². The maximum absolute atomic E-state index is 14.7. The van der Waals surface area contributed by atoms with Gasteiger partial charge in [0.05, 0.1) is 11.1 Å². The molecule has 3 aromatic heterocycles. The maximum atomic E-state index is 14.7. The molecule has 8 nitrogen and oxygen atoms in total. The van der Waals surface area contributed by atoms with Crippen LogP contribution in [0.15, 0.2) is 48.8 Å². The smallest absolute Gasteiger partial charge is 0.222 e. The van der Waals surface area contributed by atoms with Gasteiger partial charge in [0.15, 0.2) is 11.6 Å². The molecule has 1 aliphatic rings. The summed E-state index contributed by atoms with van der Waals surface area (Å²) in [6.45, 7) is 0.618. The highest BCUT2D eigenvalue weighted by Gasteiger charge is 2.20. The van der Waals surface area contributed by atoms with E-state index in [1.54, 1.807) is 36.7 Å². The predicted octanol–water partition coefficient (Wildman–Crippen LogP) is 3.86. The van der Waals surface area contributed by atoms with Crippen molar-refractivity contribution in [2.45, 2.75) is 25.4 Å².